The van der Waals surface area contributed by atoms with Gasteiger partial charge in [-0.2, -0.15) is 0 Å². The van der Waals surface area contributed by atoms with Crippen molar-refractivity contribution >= 4 is 11.4 Å². The third kappa shape index (κ3) is 3.92. The van der Waals surface area contributed by atoms with Crippen LogP contribution in [0.3, 0.4) is 0 Å². The van der Waals surface area contributed by atoms with Crippen LogP contribution in [0.2, 0.25) is 0 Å². The van der Waals surface area contributed by atoms with Gasteiger partial charge in [0.05, 0.1) is 4.92 Å². The van der Waals surface area contributed by atoms with E-state index in [-0.39, 0.29) is 10.6 Å². The molecule has 0 aliphatic rings. The van der Waals surface area contributed by atoms with Crippen molar-refractivity contribution in [1.82, 2.24) is 4.90 Å². The molecule has 0 saturated heterocycles. The first kappa shape index (κ1) is 15.4. The molecule has 0 fully saturated rings. The molecule has 106 valence electrons. The number of nitro groups is 1. The first-order valence-corrected chi connectivity index (χ1v) is 6.75. The number of nitro benzene ring substituents is 1. The Hall–Kier alpha value is -1.62. The van der Waals surface area contributed by atoms with Crippen molar-refractivity contribution in [2.45, 2.75) is 40.3 Å². The normalized spacial score (nSPS) is 11.1. The highest BCUT2D eigenvalue weighted by Gasteiger charge is 2.18. The predicted molar refractivity (Wildman–Crippen MR) is 78.5 cm³/mol. The minimum absolute atomic E-state index is 0.152. The first-order valence-electron chi connectivity index (χ1n) is 6.75. The van der Waals surface area contributed by atoms with Gasteiger partial charge in [0.25, 0.3) is 5.69 Å². The summed E-state index contributed by atoms with van der Waals surface area (Å²) in [6.07, 6.45) is 0. The second-order valence-electron chi connectivity index (χ2n) is 4.76. The summed E-state index contributed by atoms with van der Waals surface area (Å²) in [4.78, 5) is 13.0. The summed E-state index contributed by atoms with van der Waals surface area (Å²) in [5, 5.41) is 14.2. The largest absolute Gasteiger partial charge is 0.380 e. The van der Waals surface area contributed by atoms with Crippen LogP contribution in [-0.4, -0.2) is 29.0 Å². The number of hydrogen-bond donors (Lipinski definition) is 1. The standard InChI is InChI=1S/C14H23N3O2/c1-5-15-14-12(10-16(6-2)11(3)4)8-7-9-13(14)17(18)19/h7-9,11,15H,5-6,10H2,1-4H3. The van der Waals surface area contributed by atoms with Gasteiger partial charge in [-0.25, -0.2) is 0 Å². The molecule has 1 aromatic rings. The molecule has 1 rings (SSSR count). The molecule has 0 aromatic heterocycles. The third-order valence-corrected chi connectivity index (χ3v) is 3.19. The summed E-state index contributed by atoms with van der Waals surface area (Å²) in [5.74, 6) is 0. The van der Waals surface area contributed by atoms with Crippen LogP contribution in [0.15, 0.2) is 18.2 Å². The highest BCUT2D eigenvalue weighted by atomic mass is 16.6. The van der Waals surface area contributed by atoms with E-state index >= 15 is 0 Å². The molecular formula is C14H23N3O2. The molecule has 1 aromatic carbocycles. The molecule has 19 heavy (non-hydrogen) atoms. The predicted octanol–water partition coefficient (Wildman–Crippen LogP) is 3.26. The van der Waals surface area contributed by atoms with Crippen LogP contribution in [0, 0.1) is 10.1 Å². The molecule has 0 amide bonds. The molecular weight excluding hydrogens is 242 g/mol. The van der Waals surface area contributed by atoms with Crippen LogP contribution < -0.4 is 5.32 Å². The molecule has 1 N–H and O–H groups in total. The number of para-hydroxylation sites is 1. The number of nitrogens with one attached hydrogen (secondary N) is 1. The summed E-state index contributed by atoms with van der Waals surface area (Å²) < 4.78 is 0. The Balaban J connectivity index is 3.11. The van der Waals surface area contributed by atoms with E-state index in [1.807, 2.05) is 13.0 Å². The SMILES string of the molecule is CCNc1c(CN(CC)C(C)C)cccc1[N+](=O)[O-]. The van der Waals surface area contributed by atoms with Gasteiger partial charge in [0.15, 0.2) is 0 Å². The summed E-state index contributed by atoms with van der Waals surface area (Å²) in [6.45, 7) is 10.6. The van der Waals surface area contributed by atoms with E-state index in [1.165, 1.54) is 0 Å². The zero-order valence-electron chi connectivity index (χ0n) is 12.1. The van der Waals surface area contributed by atoms with Crippen molar-refractivity contribution in [3.05, 3.63) is 33.9 Å². The third-order valence-electron chi connectivity index (χ3n) is 3.19. The van der Waals surface area contributed by atoms with E-state index in [4.69, 9.17) is 0 Å². The summed E-state index contributed by atoms with van der Waals surface area (Å²) in [6, 6.07) is 5.67. The zero-order valence-corrected chi connectivity index (χ0v) is 12.1. The van der Waals surface area contributed by atoms with Gasteiger partial charge in [-0.15, -0.1) is 0 Å². The van der Waals surface area contributed by atoms with Crippen LogP contribution in [0.1, 0.15) is 33.3 Å². The average molecular weight is 265 g/mol. The van der Waals surface area contributed by atoms with E-state index in [9.17, 15) is 10.1 Å². The van der Waals surface area contributed by atoms with Crippen molar-refractivity contribution in [2.24, 2.45) is 0 Å². The molecule has 0 spiro atoms. The van der Waals surface area contributed by atoms with Gasteiger partial charge in [-0.05, 0) is 32.9 Å². The molecule has 0 atom stereocenters. The molecule has 0 aliphatic heterocycles. The second kappa shape index (κ2) is 7.09. The molecule has 0 saturated carbocycles. The molecule has 0 unspecified atom stereocenters. The van der Waals surface area contributed by atoms with Crippen LogP contribution >= 0.6 is 0 Å². The lowest BCUT2D eigenvalue weighted by Gasteiger charge is -2.25. The number of anilines is 1. The number of hydrogen-bond acceptors (Lipinski definition) is 4. The molecule has 0 bridgehead atoms. The second-order valence-corrected chi connectivity index (χ2v) is 4.76. The highest BCUT2D eigenvalue weighted by molar-refractivity contribution is 5.66. The lowest BCUT2D eigenvalue weighted by molar-refractivity contribution is -0.384. The number of nitrogens with zero attached hydrogens (tertiary/aromatic N) is 2. The average Bonchev–Trinajstić information content (AvgIpc) is 2.36. The van der Waals surface area contributed by atoms with Crippen LogP contribution in [0.25, 0.3) is 0 Å². The van der Waals surface area contributed by atoms with E-state index in [0.29, 0.717) is 18.3 Å². The van der Waals surface area contributed by atoms with Gasteiger partial charge in [0, 0.05) is 25.2 Å². The smallest absolute Gasteiger partial charge is 0.292 e. The zero-order chi connectivity index (χ0) is 14.4. The van der Waals surface area contributed by atoms with Crippen molar-refractivity contribution < 1.29 is 4.92 Å². The molecule has 5 heteroatoms. The minimum atomic E-state index is -0.326. The Morgan fingerprint density at radius 2 is 2.05 bits per heavy atom. The van der Waals surface area contributed by atoms with Gasteiger partial charge in [0.2, 0.25) is 0 Å². The van der Waals surface area contributed by atoms with Gasteiger partial charge >= 0.3 is 0 Å². The number of benzene rings is 1. The minimum Gasteiger partial charge on any atom is -0.380 e. The summed E-state index contributed by atoms with van der Waals surface area (Å²) in [5.41, 5.74) is 1.78. The van der Waals surface area contributed by atoms with Crippen molar-refractivity contribution in [1.29, 1.82) is 0 Å². The van der Waals surface area contributed by atoms with Gasteiger partial charge in [-0.3, -0.25) is 15.0 Å². The summed E-state index contributed by atoms with van der Waals surface area (Å²) >= 11 is 0. The number of rotatable bonds is 7. The lowest BCUT2D eigenvalue weighted by Crippen LogP contribution is -2.30. The van der Waals surface area contributed by atoms with Crippen LogP contribution in [0.5, 0.6) is 0 Å². The van der Waals surface area contributed by atoms with Gasteiger partial charge in [0.1, 0.15) is 5.69 Å². The van der Waals surface area contributed by atoms with E-state index in [1.54, 1.807) is 12.1 Å². The summed E-state index contributed by atoms with van der Waals surface area (Å²) in [7, 11) is 0. The van der Waals surface area contributed by atoms with Crippen molar-refractivity contribution in [2.75, 3.05) is 18.4 Å². The van der Waals surface area contributed by atoms with Crippen molar-refractivity contribution in [3.8, 4) is 0 Å². The molecule has 5 nitrogen and oxygen atoms in total. The maximum absolute atomic E-state index is 11.1. The fraction of sp³-hybridized carbons (Fsp3) is 0.571. The van der Waals surface area contributed by atoms with E-state index in [2.05, 4.69) is 31.0 Å². The fourth-order valence-electron chi connectivity index (χ4n) is 2.13. The van der Waals surface area contributed by atoms with Gasteiger partial charge < -0.3 is 5.32 Å². The van der Waals surface area contributed by atoms with Crippen molar-refractivity contribution in [3.63, 3.8) is 0 Å². The maximum Gasteiger partial charge on any atom is 0.292 e. The Morgan fingerprint density at radius 3 is 2.53 bits per heavy atom. The Bertz CT molecular complexity index is 433. The monoisotopic (exact) mass is 265 g/mol. The topological polar surface area (TPSA) is 58.4 Å². The van der Waals surface area contributed by atoms with E-state index < -0.39 is 0 Å². The lowest BCUT2D eigenvalue weighted by atomic mass is 10.1. The van der Waals surface area contributed by atoms with Crippen LogP contribution in [-0.2, 0) is 6.54 Å². The quantitative estimate of drug-likeness (QED) is 0.607. The Labute approximate surface area is 114 Å². The molecule has 0 heterocycles. The molecule has 0 radical (unpaired) electrons. The van der Waals surface area contributed by atoms with Crippen LogP contribution in [0.4, 0.5) is 11.4 Å². The Kier molecular flexibility index (Phi) is 5.76. The molecule has 0 aliphatic carbocycles. The Morgan fingerprint density at radius 1 is 1.37 bits per heavy atom. The first-order chi connectivity index (χ1) is 9.01. The fourth-order valence-corrected chi connectivity index (χ4v) is 2.13. The maximum atomic E-state index is 11.1. The van der Waals surface area contributed by atoms with Gasteiger partial charge in [-0.1, -0.05) is 19.1 Å². The van der Waals surface area contributed by atoms with E-state index in [0.717, 1.165) is 18.7 Å². The highest BCUT2D eigenvalue weighted by Crippen LogP contribution is 2.29.